The van der Waals surface area contributed by atoms with E-state index in [0.717, 1.165) is 4.88 Å². The van der Waals surface area contributed by atoms with E-state index in [1.54, 1.807) is 17.4 Å². The number of nitro groups is 1. The lowest BCUT2D eigenvalue weighted by atomic mass is 10.1. The second-order valence-electron chi connectivity index (χ2n) is 6.05. The van der Waals surface area contributed by atoms with Crippen molar-refractivity contribution in [1.82, 2.24) is 5.32 Å². The van der Waals surface area contributed by atoms with E-state index >= 15 is 0 Å². The van der Waals surface area contributed by atoms with E-state index in [0.29, 0.717) is 5.56 Å². The van der Waals surface area contributed by atoms with Gasteiger partial charge in [0.25, 0.3) is 5.91 Å². The average Bonchev–Trinajstić information content (AvgIpc) is 3.24. The van der Waals surface area contributed by atoms with E-state index in [2.05, 4.69) is 5.32 Å². The second kappa shape index (κ2) is 8.93. The summed E-state index contributed by atoms with van der Waals surface area (Å²) in [6, 6.07) is 12.5. The highest BCUT2D eigenvalue weighted by Gasteiger charge is 2.19. The molecule has 9 heteroatoms. The molecule has 1 heterocycles. The van der Waals surface area contributed by atoms with E-state index in [9.17, 15) is 14.9 Å². The highest BCUT2D eigenvalue weighted by molar-refractivity contribution is 7.10. The molecule has 0 bridgehead atoms. The van der Waals surface area contributed by atoms with E-state index in [4.69, 9.17) is 21.1 Å². The summed E-state index contributed by atoms with van der Waals surface area (Å²) in [5.41, 5.74) is 0.106. The summed E-state index contributed by atoms with van der Waals surface area (Å²) in [6.45, 7) is 1.90. The topological polar surface area (TPSA) is 90.7 Å². The summed E-state index contributed by atoms with van der Waals surface area (Å²) < 4.78 is 11.0. The van der Waals surface area contributed by atoms with Gasteiger partial charge in [0.15, 0.2) is 11.5 Å². The standard InChI is InChI=1S/C20H17ClN2O5S/c1-12(19-4-3-9-29-19)22-20(24)13-5-7-17(18(10-13)27-2)28-16-8-6-14(21)11-15(16)23(25)26/h3-12H,1-2H3,(H,22,24). The van der Waals surface area contributed by atoms with Gasteiger partial charge < -0.3 is 14.8 Å². The number of nitrogens with zero attached hydrogens (tertiary/aromatic N) is 1. The molecule has 0 aliphatic carbocycles. The van der Waals surface area contributed by atoms with Crippen LogP contribution in [0.15, 0.2) is 53.9 Å². The SMILES string of the molecule is COc1cc(C(=O)NC(C)c2cccs2)ccc1Oc1ccc(Cl)cc1[N+](=O)[O-]. The molecular weight excluding hydrogens is 416 g/mol. The monoisotopic (exact) mass is 432 g/mol. The summed E-state index contributed by atoms with van der Waals surface area (Å²) in [5.74, 6) is 0.251. The van der Waals surface area contributed by atoms with Crippen LogP contribution in [0.4, 0.5) is 5.69 Å². The Balaban J connectivity index is 1.82. The van der Waals surface area contributed by atoms with Gasteiger partial charge in [0.05, 0.1) is 18.1 Å². The van der Waals surface area contributed by atoms with Gasteiger partial charge in [-0.05, 0) is 48.7 Å². The number of benzene rings is 2. The van der Waals surface area contributed by atoms with Crippen molar-refractivity contribution in [3.05, 3.63) is 79.5 Å². The second-order valence-corrected chi connectivity index (χ2v) is 7.46. The summed E-state index contributed by atoms with van der Waals surface area (Å²) in [5, 5.41) is 16.3. The fourth-order valence-corrected chi connectivity index (χ4v) is 3.52. The predicted octanol–water partition coefficient (Wildman–Crippen LogP) is 5.60. The highest BCUT2D eigenvalue weighted by Crippen LogP contribution is 2.38. The number of methoxy groups -OCH3 is 1. The Morgan fingerprint density at radius 3 is 2.59 bits per heavy atom. The minimum Gasteiger partial charge on any atom is -0.493 e. The van der Waals surface area contributed by atoms with Crippen LogP contribution in [0.2, 0.25) is 5.02 Å². The minimum absolute atomic E-state index is 0.0150. The largest absolute Gasteiger partial charge is 0.493 e. The van der Waals surface area contributed by atoms with Crippen LogP contribution in [0.1, 0.15) is 28.2 Å². The zero-order valence-corrected chi connectivity index (χ0v) is 17.1. The van der Waals surface area contributed by atoms with Gasteiger partial charge in [-0.3, -0.25) is 14.9 Å². The number of nitro benzene ring substituents is 1. The summed E-state index contributed by atoms with van der Waals surface area (Å²) in [4.78, 5) is 24.3. The number of amides is 1. The Bertz CT molecular complexity index is 1040. The molecule has 0 fully saturated rings. The van der Waals surface area contributed by atoms with Gasteiger partial charge in [0.1, 0.15) is 0 Å². The van der Waals surface area contributed by atoms with Crippen LogP contribution in [0.3, 0.4) is 0 Å². The van der Waals surface area contributed by atoms with Gasteiger partial charge in [-0.15, -0.1) is 11.3 Å². The Morgan fingerprint density at radius 2 is 1.93 bits per heavy atom. The van der Waals surface area contributed by atoms with Crippen LogP contribution in [0, 0.1) is 10.1 Å². The van der Waals surface area contributed by atoms with Crippen molar-refractivity contribution in [3.63, 3.8) is 0 Å². The molecule has 1 atom stereocenters. The number of thiophene rings is 1. The number of carbonyl (C=O) groups excluding carboxylic acids is 1. The number of hydrogen-bond acceptors (Lipinski definition) is 6. The molecular formula is C20H17ClN2O5S. The molecule has 1 aromatic heterocycles. The highest BCUT2D eigenvalue weighted by atomic mass is 35.5. The number of hydrogen-bond donors (Lipinski definition) is 1. The smallest absolute Gasteiger partial charge is 0.313 e. The normalized spacial score (nSPS) is 11.6. The first kappa shape index (κ1) is 20.6. The van der Waals surface area contributed by atoms with Crippen LogP contribution >= 0.6 is 22.9 Å². The number of carbonyl (C=O) groups is 1. The Morgan fingerprint density at radius 1 is 1.17 bits per heavy atom. The molecule has 0 aliphatic rings. The molecule has 1 unspecified atom stereocenters. The number of halogens is 1. The molecule has 0 radical (unpaired) electrons. The maximum absolute atomic E-state index is 12.6. The van der Waals surface area contributed by atoms with Gasteiger partial charge in [0.2, 0.25) is 5.75 Å². The maximum Gasteiger partial charge on any atom is 0.313 e. The van der Waals surface area contributed by atoms with E-state index in [1.165, 1.54) is 37.4 Å². The van der Waals surface area contributed by atoms with Crippen LogP contribution in [0.25, 0.3) is 0 Å². The third-order valence-corrected chi connectivity index (χ3v) is 5.37. The van der Waals surface area contributed by atoms with Crippen molar-refractivity contribution in [3.8, 4) is 17.2 Å². The van der Waals surface area contributed by atoms with Gasteiger partial charge in [0, 0.05) is 21.5 Å². The fraction of sp³-hybridized carbons (Fsp3) is 0.150. The number of nitrogens with one attached hydrogen (secondary N) is 1. The van der Waals surface area contributed by atoms with Crippen molar-refractivity contribution >= 4 is 34.5 Å². The van der Waals surface area contributed by atoms with Gasteiger partial charge in [-0.2, -0.15) is 0 Å². The quantitative estimate of drug-likeness (QED) is 0.387. The third kappa shape index (κ3) is 4.85. The summed E-state index contributed by atoms with van der Waals surface area (Å²) in [7, 11) is 1.43. The van der Waals surface area contributed by atoms with Crippen molar-refractivity contribution in [2.75, 3.05) is 7.11 Å². The molecule has 2 aromatic carbocycles. The first-order valence-electron chi connectivity index (χ1n) is 8.53. The van der Waals surface area contributed by atoms with Crippen LogP contribution in [-0.2, 0) is 0 Å². The van der Waals surface area contributed by atoms with Gasteiger partial charge in [-0.1, -0.05) is 17.7 Å². The average molecular weight is 433 g/mol. The fourth-order valence-electron chi connectivity index (χ4n) is 2.62. The molecule has 7 nitrogen and oxygen atoms in total. The first-order valence-corrected chi connectivity index (χ1v) is 9.79. The molecule has 0 saturated carbocycles. The Hall–Kier alpha value is -3.10. The first-order chi connectivity index (χ1) is 13.9. The molecule has 150 valence electrons. The molecule has 0 spiro atoms. The van der Waals surface area contributed by atoms with Crippen LogP contribution < -0.4 is 14.8 Å². The molecule has 1 N–H and O–H groups in total. The van der Waals surface area contributed by atoms with E-state index in [1.807, 2.05) is 24.4 Å². The lowest BCUT2D eigenvalue weighted by molar-refractivity contribution is -0.385. The van der Waals surface area contributed by atoms with E-state index in [-0.39, 0.29) is 39.9 Å². The maximum atomic E-state index is 12.6. The molecule has 0 aliphatic heterocycles. The number of rotatable bonds is 7. The molecule has 1 amide bonds. The third-order valence-electron chi connectivity index (χ3n) is 4.08. The Kier molecular flexibility index (Phi) is 6.36. The van der Waals surface area contributed by atoms with E-state index < -0.39 is 4.92 Å². The molecule has 3 aromatic rings. The van der Waals surface area contributed by atoms with Crippen LogP contribution in [-0.4, -0.2) is 17.9 Å². The minimum atomic E-state index is -0.582. The summed E-state index contributed by atoms with van der Waals surface area (Å²) in [6.07, 6.45) is 0. The van der Waals surface area contributed by atoms with Gasteiger partial charge in [-0.25, -0.2) is 0 Å². The lowest BCUT2D eigenvalue weighted by Gasteiger charge is -2.14. The molecule has 0 saturated heterocycles. The number of ether oxygens (including phenoxy) is 2. The van der Waals surface area contributed by atoms with Crippen molar-refractivity contribution in [2.45, 2.75) is 13.0 Å². The predicted molar refractivity (Wildman–Crippen MR) is 111 cm³/mol. The van der Waals surface area contributed by atoms with Crippen molar-refractivity contribution in [1.29, 1.82) is 0 Å². The Labute approximate surface area is 176 Å². The van der Waals surface area contributed by atoms with Crippen molar-refractivity contribution in [2.24, 2.45) is 0 Å². The zero-order valence-electron chi connectivity index (χ0n) is 15.5. The summed E-state index contributed by atoms with van der Waals surface area (Å²) >= 11 is 7.39. The van der Waals surface area contributed by atoms with Gasteiger partial charge >= 0.3 is 5.69 Å². The van der Waals surface area contributed by atoms with Crippen molar-refractivity contribution < 1.29 is 19.2 Å². The lowest BCUT2D eigenvalue weighted by Crippen LogP contribution is -2.26. The molecule has 29 heavy (non-hydrogen) atoms. The van der Waals surface area contributed by atoms with Crippen LogP contribution in [0.5, 0.6) is 17.2 Å². The molecule has 3 rings (SSSR count). The zero-order chi connectivity index (χ0) is 21.0.